The van der Waals surface area contributed by atoms with Gasteiger partial charge in [0.1, 0.15) is 5.56 Å². The first-order valence-electron chi connectivity index (χ1n) is 2.11. The van der Waals surface area contributed by atoms with Crippen LogP contribution in [0.15, 0.2) is 0 Å². The Hall–Kier alpha value is 0.890. The number of aliphatic hydroxyl groups is 1. The molecule has 0 saturated carbocycles. The maximum Gasteiger partial charge on any atom is 0.143 e. The summed E-state index contributed by atoms with van der Waals surface area (Å²) in [6.07, 6.45) is 0. The van der Waals surface area contributed by atoms with Crippen LogP contribution in [0.2, 0.25) is 0 Å². The molecule has 2 unspecified atom stereocenters. The number of hydrogen-bond acceptors (Lipinski definition) is 2. The van der Waals surface area contributed by atoms with Crippen molar-refractivity contribution < 1.29 is 5.11 Å². The summed E-state index contributed by atoms with van der Waals surface area (Å²) in [5, 5.41) is 8.68. The molecule has 0 spiro atoms. The maximum atomic E-state index is 8.68. The molecule has 0 radical (unpaired) electrons. The third-order valence-corrected chi connectivity index (χ3v) is 2.56. The Morgan fingerprint density at radius 2 is 2.25 bits per heavy atom. The molecule has 4 heteroatoms. The lowest BCUT2D eigenvalue weighted by atomic mass is 10.2. The zero-order valence-electron chi connectivity index (χ0n) is 4.43. The molecule has 0 aliphatic carbocycles. The number of rotatable bonds is 2. The molecule has 0 aromatic carbocycles. The lowest BCUT2D eigenvalue weighted by molar-refractivity contribution is 0.224. The summed E-state index contributed by atoms with van der Waals surface area (Å²) >= 11 is 14.6. The number of alkyl halides is 2. The molecular weight excluding hydrogens is 167 g/mol. The van der Waals surface area contributed by atoms with Crippen LogP contribution in [0.25, 0.3) is 0 Å². The largest absolute Gasteiger partial charge is 0.376 e. The summed E-state index contributed by atoms with van der Waals surface area (Å²) in [5.74, 6) is 0.237. The van der Waals surface area contributed by atoms with Gasteiger partial charge in [-0.3, -0.25) is 0 Å². The Morgan fingerprint density at radius 1 is 1.88 bits per heavy atom. The molecule has 0 aliphatic heterocycles. The molecule has 0 rings (SSSR count). The Kier molecular flexibility index (Phi) is 3.51. The molecule has 0 bridgehead atoms. The molecular formula is C4H8Cl2OS. The first kappa shape index (κ1) is 8.89. The molecule has 1 N–H and O–H groups in total. The SMILES string of the molecule is CC(S)(CCl)C(O)Cl. The zero-order chi connectivity index (χ0) is 6.78. The fourth-order valence-corrected chi connectivity index (χ4v) is 0.366. The smallest absolute Gasteiger partial charge is 0.143 e. The molecule has 2 atom stereocenters. The predicted octanol–water partition coefficient (Wildman–Crippen LogP) is 1.47. The van der Waals surface area contributed by atoms with E-state index in [4.69, 9.17) is 28.3 Å². The fraction of sp³-hybridized carbons (Fsp3) is 1.00. The van der Waals surface area contributed by atoms with Gasteiger partial charge in [-0.05, 0) is 6.92 Å². The third kappa shape index (κ3) is 2.44. The molecule has 1 nitrogen and oxygen atoms in total. The van der Waals surface area contributed by atoms with Crippen molar-refractivity contribution in [3.8, 4) is 0 Å². The molecule has 0 amide bonds. The van der Waals surface area contributed by atoms with Crippen LogP contribution in [0.1, 0.15) is 6.92 Å². The van der Waals surface area contributed by atoms with Crippen molar-refractivity contribution in [3.63, 3.8) is 0 Å². The molecule has 0 aromatic heterocycles. The van der Waals surface area contributed by atoms with Gasteiger partial charge in [-0.1, -0.05) is 11.6 Å². The monoisotopic (exact) mass is 174 g/mol. The van der Waals surface area contributed by atoms with Crippen LogP contribution in [0.5, 0.6) is 0 Å². The quantitative estimate of drug-likeness (QED) is 0.481. The lowest BCUT2D eigenvalue weighted by Gasteiger charge is -2.21. The van der Waals surface area contributed by atoms with E-state index < -0.39 is 10.3 Å². The molecule has 0 aliphatic rings. The van der Waals surface area contributed by atoms with E-state index in [2.05, 4.69) is 12.6 Å². The van der Waals surface area contributed by atoms with Gasteiger partial charge in [0, 0.05) is 5.88 Å². The summed E-state index contributed by atoms with van der Waals surface area (Å²) in [5.41, 5.74) is -0.983. The Balaban J connectivity index is 3.71. The topological polar surface area (TPSA) is 20.2 Å². The van der Waals surface area contributed by atoms with Gasteiger partial charge in [-0.15, -0.1) is 11.6 Å². The molecule has 50 valence electrons. The van der Waals surface area contributed by atoms with Crippen LogP contribution >= 0.6 is 35.8 Å². The molecule has 0 saturated heterocycles. The Labute approximate surface area is 64.4 Å². The van der Waals surface area contributed by atoms with Gasteiger partial charge in [0.25, 0.3) is 0 Å². The van der Waals surface area contributed by atoms with Crippen molar-refractivity contribution in [3.05, 3.63) is 0 Å². The van der Waals surface area contributed by atoms with Crippen LogP contribution < -0.4 is 0 Å². The number of halogens is 2. The highest BCUT2D eigenvalue weighted by atomic mass is 35.5. The van der Waals surface area contributed by atoms with Crippen molar-refractivity contribution in [2.45, 2.75) is 17.2 Å². The van der Waals surface area contributed by atoms with Crippen LogP contribution in [0.3, 0.4) is 0 Å². The van der Waals surface area contributed by atoms with Crippen molar-refractivity contribution in [1.82, 2.24) is 0 Å². The van der Waals surface area contributed by atoms with Gasteiger partial charge >= 0.3 is 0 Å². The Bertz CT molecular complexity index is 74.4. The van der Waals surface area contributed by atoms with Gasteiger partial charge in [0.2, 0.25) is 0 Å². The van der Waals surface area contributed by atoms with Crippen LogP contribution in [-0.2, 0) is 0 Å². The minimum atomic E-state index is -0.983. The van der Waals surface area contributed by atoms with E-state index in [1.165, 1.54) is 0 Å². The van der Waals surface area contributed by atoms with E-state index in [1.54, 1.807) is 6.92 Å². The molecule has 0 fully saturated rings. The third-order valence-electron chi connectivity index (χ3n) is 0.784. The van der Waals surface area contributed by atoms with Gasteiger partial charge < -0.3 is 5.11 Å². The van der Waals surface area contributed by atoms with Crippen molar-refractivity contribution >= 4 is 35.8 Å². The highest BCUT2D eigenvalue weighted by molar-refractivity contribution is 7.82. The second kappa shape index (κ2) is 3.16. The normalized spacial score (nSPS) is 22.1. The lowest BCUT2D eigenvalue weighted by Crippen LogP contribution is -2.30. The summed E-state index contributed by atoms with van der Waals surface area (Å²) in [6.45, 7) is 1.67. The van der Waals surface area contributed by atoms with E-state index in [0.717, 1.165) is 0 Å². The van der Waals surface area contributed by atoms with E-state index in [9.17, 15) is 0 Å². The highest BCUT2D eigenvalue weighted by Crippen LogP contribution is 2.22. The van der Waals surface area contributed by atoms with Gasteiger partial charge in [-0.25, -0.2) is 0 Å². The summed E-state index contributed by atoms with van der Waals surface area (Å²) in [4.78, 5) is 0. The minimum absolute atomic E-state index is 0.237. The van der Waals surface area contributed by atoms with E-state index in [1.807, 2.05) is 0 Å². The first-order valence-corrected chi connectivity index (χ1v) is 3.53. The summed E-state index contributed by atoms with van der Waals surface area (Å²) < 4.78 is -0.677. The second-order valence-corrected chi connectivity index (χ2v) is 3.53. The Morgan fingerprint density at radius 3 is 2.25 bits per heavy atom. The van der Waals surface area contributed by atoms with Crippen LogP contribution in [0.4, 0.5) is 0 Å². The minimum Gasteiger partial charge on any atom is -0.376 e. The van der Waals surface area contributed by atoms with Crippen LogP contribution in [0, 0.1) is 0 Å². The van der Waals surface area contributed by atoms with E-state index in [0.29, 0.717) is 0 Å². The van der Waals surface area contributed by atoms with Crippen molar-refractivity contribution in [1.29, 1.82) is 0 Å². The maximum absolute atomic E-state index is 8.68. The average Bonchev–Trinajstić information content (AvgIpc) is 1.67. The highest BCUT2D eigenvalue weighted by Gasteiger charge is 2.25. The van der Waals surface area contributed by atoms with E-state index >= 15 is 0 Å². The molecule has 8 heavy (non-hydrogen) atoms. The average molecular weight is 175 g/mol. The van der Waals surface area contributed by atoms with Gasteiger partial charge in [0.05, 0.1) is 4.75 Å². The summed E-state index contributed by atoms with van der Waals surface area (Å²) in [6, 6.07) is 0. The van der Waals surface area contributed by atoms with Crippen molar-refractivity contribution in [2.24, 2.45) is 0 Å². The number of thiol groups is 1. The zero-order valence-corrected chi connectivity index (χ0v) is 6.84. The standard InChI is InChI=1S/C4H8Cl2OS/c1-4(8,2-5)3(6)7/h3,7-8H,2H2,1H3. The number of aliphatic hydroxyl groups excluding tert-OH is 1. The van der Waals surface area contributed by atoms with Crippen molar-refractivity contribution in [2.75, 3.05) is 5.88 Å². The number of hydrogen-bond donors (Lipinski definition) is 2. The second-order valence-electron chi connectivity index (χ2n) is 1.83. The molecule has 0 aromatic rings. The van der Waals surface area contributed by atoms with E-state index in [-0.39, 0.29) is 5.88 Å². The van der Waals surface area contributed by atoms with Gasteiger partial charge in [0.15, 0.2) is 0 Å². The molecule has 0 heterocycles. The predicted molar refractivity (Wildman–Crippen MR) is 40.0 cm³/mol. The van der Waals surface area contributed by atoms with Gasteiger partial charge in [-0.2, -0.15) is 12.6 Å². The first-order chi connectivity index (χ1) is 3.50. The van der Waals surface area contributed by atoms with Crippen LogP contribution in [-0.4, -0.2) is 21.3 Å². The summed E-state index contributed by atoms with van der Waals surface area (Å²) in [7, 11) is 0. The fourth-order valence-electron chi connectivity index (χ4n) is 0.0637.